The summed E-state index contributed by atoms with van der Waals surface area (Å²) in [6.45, 7) is 0.784. The molecule has 31 heavy (non-hydrogen) atoms. The summed E-state index contributed by atoms with van der Waals surface area (Å²) in [6, 6.07) is 13.3. The quantitative estimate of drug-likeness (QED) is 0.371. The molecule has 0 saturated carbocycles. The molecular weight excluding hydrogens is 434 g/mol. The van der Waals surface area contributed by atoms with Crippen LogP contribution in [0.4, 0.5) is 0 Å². The molecule has 3 heterocycles. The Morgan fingerprint density at radius 2 is 2.00 bits per heavy atom. The highest BCUT2D eigenvalue weighted by atomic mass is 32.2. The third-order valence-corrected chi connectivity index (χ3v) is 8.12. The van der Waals surface area contributed by atoms with Crippen molar-refractivity contribution in [3.05, 3.63) is 72.1 Å². The lowest BCUT2D eigenvalue weighted by Gasteiger charge is -2.17. The Balaban J connectivity index is 1.44. The minimum Gasteiger partial charge on any atom is -0.384 e. The number of nitrogens with one attached hydrogen (secondary N) is 2. The molecule has 0 radical (unpaired) electrons. The molecule has 1 aliphatic rings. The van der Waals surface area contributed by atoms with Gasteiger partial charge in [-0.2, -0.15) is 4.72 Å². The summed E-state index contributed by atoms with van der Waals surface area (Å²) in [5, 5.41) is 7.54. The number of aromatic nitrogens is 1. The number of amides is 1. The van der Waals surface area contributed by atoms with Crippen molar-refractivity contribution in [3.63, 3.8) is 0 Å². The highest BCUT2D eigenvalue weighted by Gasteiger charge is 2.35. The Kier molecular flexibility index (Phi) is 5.86. The number of sulfonamides is 1. The van der Waals surface area contributed by atoms with Crippen molar-refractivity contribution in [2.24, 2.45) is 5.73 Å². The van der Waals surface area contributed by atoms with Gasteiger partial charge in [0, 0.05) is 35.9 Å². The maximum Gasteiger partial charge on any atom is 0.250 e. The van der Waals surface area contributed by atoms with Crippen molar-refractivity contribution >= 4 is 33.1 Å². The summed E-state index contributed by atoms with van der Waals surface area (Å²) in [5.74, 6) is -0.301. The van der Waals surface area contributed by atoms with Crippen LogP contribution >= 0.6 is 11.3 Å². The number of pyridine rings is 1. The van der Waals surface area contributed by atoms with Gasteiger partial charge in [0.15, 0.2) is 0 Å². The number of rotatable bonds is 7. The zero-order valence-electron chi connectivity index (χ0n) is 16.5. The first kappa shape index (κ1) is 21.2. The van der Waals surface area contributed by atoms with E-state index in [4.69, 9.17) is 11.1 Å². The second-order valence-corrected chi connectivity index (χ2v) is 10.2. The SMILES string of the molecule is N=C(N)c1cccc(CN2CC[C@H](NS(=O)(=O)c3ccc(-c4ccncc4)s3)C2=O)c1. The van der Waals surface area contributed by atoms with Crippen LogP contribution in [0, 0.1) is 5.41 Å². The first-order valence-electron chi connectivity index (χ1n) is 9.58. The summed E-state index contributed by atoms with van der Waals surface area (Å²) in [7, 11) is -3.82. The monoisotopic (exact) mass is 455 g/mol. The largest absolute Gasteiger partial charge is 0.384 e. The van der Waals surface area contributed by atoms with Crippen molar-refractivity contribution < 1.29 is 13.2 Å². The number of hydrogen-bond donors (Lipinski definition) is 3. The summed E-state index contributed by atoms with van der Waals surface area (Å²) in [4.78, 5) is 19.2. The predicted molar refractivity (Wildman–Crippen MR) is 119 cm³/mol. The van der Waals surface area contributed by atoms with Crippen LogP contribution in [-0.4, -0.2) is 42.6 Å². The second kappa shape index (κ2) is 8.58. The number of nitrogens with zero attached hydrogens (tertiary/aromatic N) is 2. The van der Waals surface area contributed by atoms with Crippen LogP contribution in [0.5, 0.6) is 0 Å². The molecule has 160 valence electrons. The Labute approximate surface area is 184 Å². The fraction of sp³-hybridized carbons (Fsp3) is 0.190. The molecule has 10 heteroatoms. The molecule has 1 saturated heterocycles. The van der Waals surface area contributed by atoms with Crippen LogP contribution in [-0.2, 0) is 21.4 Å². The van der Waals surface area contributed by atoms with E-state index in [0.717, 1.165) is 27.3 Å². The molecular formula is C21H21N5O3S2. The van der Waals surface area contributed by atoms with Crippen molar-refractivity contribution in [3.8, 4) is 10.4 Å². The molecule has 0 spiro atoms. The van der Waals surface area contributed by atoms with Crippen molar-refractivity contribution in [1.82, 2.24) is 14.6 Å². The zero-order chi connectivity index (χ0) is 22.0. The van der Waals surface area contributed by atoms with Crippen LogP contribution in [0.3, 0.4) is 0 Å². The summed E-state index contributed by atoms with van der Waals surface area (Å²) in [5.41, 5.74) is 7.84. The summed E-state index contributed by atoms with van der Waals surface area (Å²) in [6.07, 6.45) is 3.70. The number of likely N-dealkylation sites (tertiary alicyclic amines) is 1. The van der Waals surface area contributed by atoms with E-state index in [1.165, 1.54) is 0 Å². The Morgan fingerprint density at radius 3 is 2.74 bits per heavy atom. The van der Waals surface area contributed by atoms with Crippen molar-refractivity contribution in [2.75, 3.05) is 6.54 Å². The highest BCUT2D eigenvalue weighted by Crippen LogP contribution is 2.30. The maximum atomic E-state index is 12.8. The fourth-order valence-electron chi connectivity index (χ4n) is 3.44. The summed E-state index contributed by atoms with van der Waals surface area (Å²) >= 11 is 1.15. The van der Waals surface area contributed by atoms with Crippen LogP contribution < -0.4 is 10.5 Å². The number of nitrogen functional groups attached to an aromatic ring is 1. The average molecular weight is 456 g/mol. The molecule has 4 N–H and O–H groups in total. The molecule has 0 bridgehead atoms. The lowest BCUT2D eigenvalue weighted by atomic mass is 10.1. The molecule has 1 fully saturated rings. The van der Waals surface area contributed by atoms with Crippen LogP contribution in [0.25, 0.3) is 10.4 Å². The predicted octanol–water partition coefficient (Wildman–Crippen LogP) is 2.17. The molecule has 3 aromatic rings. The van der Waals surface area contributed by atoms with Gasteiger partial charge in [-0.3, -0.25) is 15.2 Å². The third-order valence-electron chi connectivity index (χ3n) is 5.02. The number of nitrogens with two attached hydrogens (primary N) is 1. The van der Waals surface area contributed by atoms with E-state index < -0.39 is 16.1 Å². The van der Waals surface area contributed by atoms with Crippen molar-refractivity contribution in [1.29, 1.82) is 5.41 Å². The van der Waals surface area contributed by atoms with Crippen LogP contribution in [0.2, 0.25) is 0 Å². The molecule has 0 aliphatic carbocycles. The molecule has 1 atom stereocenters. The van der Waals surface area contributed by atoms with E-state index in [1.807, 2.05) is 18.2 Å². The number of benzene rings is 1. The third kappa shape index (κ3) is 4.66. The van der Waals surface area contributed by atoms with E-state index in [2.05, 4.69) is 9.71 Å². The number of carbonyl (C=O) groups excluding carboxylic acids is 1. The molecule has 1 aromatic carbocycles. The topological polar surface area (TPSA) is 129 Å². The minimum atomic E-state index is -3.82. The molecule has 8 nitrogen and oxygen atoms in total. The van der Waals surface area contributed by atoms with Gasteiger partial charge < -0.3 is 10.6 Å². The van der Waals surface area contributed by atoms with E-state index in [0.29, 0.717) is 25.1 Å². The molecule has 1 aliphatic heterocycles. The van der Waals surface area contributed by atoms with Crippen LogP contribution in [0.1, 0.15) is 17.5 Å². The fourth-order valence-corrected chi connectivity index (χ4v) is 6.00. The van der Waals surface area contributed by atoms with E-state index >= 15 is 0 Å². The average Bonchev–Trinajstić information content (AvgIpc) is 3.38. The highest BCUT2D eigenvalue weighted by molar-refractivity contribution is 7.91. The number of amidine groups is 1. The van der Waals surface area contributed by atoms with Gasteiger partial charge in [-0.05, 0) is 47.9 Å². The number of carbonyl (C=O) groups is 1. The van der Waals surface area contributed by atoms with Gasteiger partial charge in [0.05, 0.1) is 0 Å². The van der Waals surface area contributed by atoms with Gasteiger partial charge in [0.1, 0.15) is 16.1 Å². The van der Waals surface area contributed by atoms with Gasteiger partial charge in [0.25, 0.3) is 10.0 Å². The first-order chi connectivity index (χ1) is 14.8. The lowest BCUT2D eigenvalue weighted by Crippen LogP contribution is -2.41. The van der Waals surface area contributed by atoms with E-state index in [-0.39, 0.29) is 16.0 Å². The van der Waals surface area contributed by atoms with Crippen molar-refractivity contribution in [2.45, 2.75) is 23.2 Å². The lowest BCUT2D eigenvalue weighted by molar-refractivity contribution is -0.129. The molecule has 0 unspecified atom stereocenters. The van der Waals surface area contributed by atoms with E-state index in [9.17, 15) is 13.2 Å². The van der Waals surface area contributed by atoms with Gasteiger partial charge in [-0.25, -0.2) is 8.42 Å². The smallest absolute Gasteiger partial charge is 0.250 e. The normalized spacial score (nSPS) is 16.6. The van der Waals surface area contributed by atoms with Crippen LogP contribution in [0.15, 0.2) is 65.1 Å². The standard InChI is InChI=1S/C21H21N5O3S2/c22-20(23)16-3-1-2-14(12-16)13-26-11-8-17(21(26)27)25-31(28,29)19-5-4-18(30-19)15-6-9-24-10-7-15/h1-7,9-10,12,17,25H,8,11,13H2,(H3,22,23)/t17-/m0/s1. The minimum absolute atomic E-state index is 0.0395. The first-order valence-corrected chi connectivity index (χ1v) is 11.9. The second-order valence-electron chi connectivity index (χ2n) is 7.19. The van der Waals surface area contributed by atoms with Gasteiger partial charge >= 0.3 is 0 Å². The zero-order valence-corrected chi connectivity index (χ0v) is 18.1. The van der Waals surface area contributed by atoms with Gasteiger partial charge in [-0.1, -0.05) is 18.2 Å². The summed E-state index contributed by atoms with van der Waals surface area (Å²) < 4.78 is 28.4. The van der Waals surface area contributed by atoms with Gasteiger partial charge in [0.2, 0.25) is 5.91 Å². The number of thiophene rings is 1. The Morgan fingerprint density at radius 1 is 1.23 bits per heavy atom. The number of hydrogen-bond acceptors (Lipinski definition) is 6. The molecule has 1 amide bonds. The van der Waals surface area contributed by atoms with Gasteiger partial charge in [-0.15, -0.1) is 11.3 Å². The van der Waals surface area contributed by atoms with E-state index in [1.54, 1.807) is 47.6 Å². The molecule has 2 aromatic heterocycles. The maximum absolute atomic E-state index is 12.8. The Bertz CT molecular complexity index is 1220. The Hall–Kier alpha value is -3.08. The molecule has 4 rings (SSSR count).